The molecule has 134 valence electrons. The minimum atomic E-state index is -0.153. The monoisotopic (exact) mass is 386 g/mol. The molecule has 1 fully saturated rings. The Morgan fingerprint density at radius 3 is 2.73 bits per heavy atom. The molecule has 0 unspecified atom stereocenters. The highest BCUT2D eigenvalue weighted by Crippen LogP contribution is 2.30. The van der Waals surface area contributed by atoms with E-state index >= 15 is 0 Å². The Morgan fingerprint density at radius 2 is 2.00 bits per heavy atom. The lowest BCUT2D eigenvalue weighted by atomic mass is 10.2. The van der Waals surface area contributed by atoms with Gasteiger partial charge in [-0.1, -0.05) is 36.7 Å². The van der Waals surface area contributed by atoms with E-state index in [1.165, 1.54) is 11.8 Å². The molecule has 0 aromatic heterocycles. The average Bonchev–Trinajstić information content (AvgIpc) is 2.96. The van der Waals surface area contributed by atoms with Crippen molar-refractivity contribution >= 4 is 46.2 Å². The van der Waals surface area contributed by atoms with E-state index in [0.717, 1.165) is 29.0 Å². The zero-order valence-electron chi connectivity index (χ0n) is 14.6. The van der Waals surface area contributed by atoms with Gasteiger partial charge in [0.2, 0.25) is 0 Å². The first-order chi connectivity index (χ1) is 12.5. The Kier molecular flexibility index (Phi) is 6.01. The normalized spacial score (nSPS) is 17.0. The van der Waals surface area contributed by atoms with E-state index in [0.29, 0.717) is 21.7 Å². The third-order valence-electron chi connectivity index (χ3n) is 3.69. The van der Waals surface area contributed by atoms with Gasteiger partial charge in [-0.3, -0.25) is 4.79 Å². The van der Waals surface area contributed by atoms with E-state index in [-0.39, 0.29) is 5.91 Å². The number of amides is 1. The van der Waals surface area contributed by atoms with Crippen molar-refractivity contribution in [3.8, 4) is 5.75 Å². The first-order valence-corrected chi connectivity index (χ1v) is 9.53. The Morgan fingerprint density at radius 1 is 1.23 bits per heavy atom. The van der Waals surface area contributed by atoms with Crippen molar-refractivity contribution in [1.29, 1.82) is 0 Å². The van der Waals surface area contributed by atoms with Gasteiger partial charge in [0, 0.05) is 5.02 Å². The molecule has 3 rings (SSSR count). The number of hydrogen-bond acceptors (Lipinski definition) is 4. The number of nitrogens with one attached hydrogen (secondary N) is 1. The van der Waals surface area contributed by atoms with Crippen LogP contribution < -0.4 is 10.1 Å². The fourth-order valence-electron chi connectivity index (χ4n) is 2.32. The van der Waals surface area contributed by atoms with Gasteiger partial charge in [-0.25, -0.2) is 4.99 Å². The molecule has 6 heteroatoms. The number of benzene rings is 2. The van der Waals surface area contributed by atoms with Crippen LogP contribution in [0.4, 0.5) is 5.69 Å². The summed E-state index contributed by atoms with van der Waals surface area (Å²) in [4.78, 5) is 17.3. The molecule has 1 amide bonds. The lowest BCUT2D eigenvalue weighted by Crippen LogP contribution is -2.19. The molecule has 0 spiro atoms. The summed E-state index contributed by atoms with van der Waals surface area (Å²) < 4.78 is 5.57. The van der Waals surface area contributed by atoms with Gasteiger partial charge in [0.1, 0.15) is 5.75 Å². The Hall–Kier alpha value is -2.24. The molecule has 1 aliphatic heterocycles. The summed E-state index contributed by atoms with van der Waals surface area (Å²) >= 11 is 7.34. The third-order valence-corrected chi connectivity index (χ3v) is 4.84. The van der Waals surface area contributed by atoms with Gasteiger partial charge in [0.05, 0.1) is 17.2 Å². The Bertz CT molecular complexity index is 876. The first-order valence-electron chi connectivity index (χ1n) is 8.34. The van der Waals surface area contributed by atoms with E-state index in [4.69, 9.17) is 16.3 Å². The SMILES string of the molecule is CCCOc1ccc(/C=C2\SC(=Nc3cc(Cl)ccc3C)NC2=O)cc1. The van der Waals surface area contributed by atoms with E-state index in [2.05, 4.69) is 17.2 Å². The molecule has 0 bridgehead atoms. The topological polar surface area (TPSA) is 50.7 Å². The van der Waals surface area contributed by atoms with Crippen LogP contribution >= 0.6 is 23.4 Å². The Labute approximate surface area is 162 Å². The van der Waals surface area contributed by atoms with Crippen LogP contribution in [0.15, 0.2) is 52.4 Å². The number of thioether (sulfide) groups is 1. The maximum Gasteiger partial charge on any atom is 0.264 e. The molecule has 26 heavy (non-hydrogen) atoms. The van der Waals surface area contributed by atoms with Crippen molar-refractivity contribution in [2.75, 3.05) is 6.61 Å². The van der Waals surface area contributed by atoms with Gasteiger partial charge in [0.15, 0.2) is 5.17 Å². The van der Waals surface area contributed by atoms with Crippen molar-refractivity contribution in [2.24, 2.45) is 4.99 Å². The molecule has 1 saturated heterocycles. The second-order valence-corrected chi connectivity index (χ2v) is 7.30. The summed E-state index contributed by atoms with van der Waals surface area (Å²) in [6.07, 6.45) is 2.81. The first kappa shape index (κ1) is 18.5. The largest absolute Gasteiger partial charge is 0.494 e. The molecule has 2 aromatic carbocycles. The Balaban J connectivity index is 1.76. The van der Waals surface area contributed by atoms with Gasteiger partial charge in [0.25, 0.3) is 5.91 Å². The van der Waals surface area contributed by atoms with Crippen LogP contribution in [-0.2, 0) is 4.79 Å². The molecule has 0 atom stereocenters. The number of halogens is 1. The summed E-state index contributed by atoms with van der Waals surface area (Å²) in [5, 5.41) is 3.96. The average molecular weight is 387 g/mol. The standard InChI is InChI=1S/C20H19ClN2O2S/c1-3-10-25-16-8-5-14(6-9-16)11-18-19(24)23-20(26-18)22-17-12-15(21)7-4-13(17)2/h4-9,11-12H,3,10H2,1-2H3,(H,22,23,24)/b18-11-. The molecule has 1 aliphatic rings. The molecule has 0 saturated carbocycles. The lowest BCUT2D eigenvalue weighted by molar-refractivity contribution is -0.115. The lowest BCUT2D eigenvalue weighted by Gasteiger charge is -2.04. The number of nitrogens with zero attached hydrogens (tertiary/aromatic N) is 1. The van der Waals surface area contributed by atoms with Crippen LogP contribution in [0.2, 0.25) is 5.02 Å². The van der Waals surface area contributed by atoms with Crippen molar-refractivity contribution < 1.29 is 9.53 Å². The maximum absolute atomic E-state index is 12.2. The number of carbonyl (C=O) groups excluding carboxylic acids is 1. The second kappa shape index (κ2) is 8.43. The van der Waals surface area contributed by atoms with Crippen LogP contribution in [-0.4, -0.2) is 17.7 Å². The van der Waals surface area contributed by atoms with Gasteiger partial charge >= 0.3 is 0 Å². The predicted octanol–water partition coefficient (Wildman–Crippen LogP) is 5.33. The van der Waals surface area contributed by atoms with E-state index in [1.54, 1.807) is 6.07 Å². The van der Waals surface area contributed by atoms with Crippen LogP contribution in [0.5, 0.6) is 5.75 Å². The summed E-state index contributed by atoms with van der Waals surface area (Å²) in [5.41, 5.74) is 2.68. The number of rotatable bonds is 5. The fraction of sp³-hybridized carbons (Fsp3) is 0.200. The second-order valence-electron chi connectivity index (χ2n) is 5.83. The molecular weight excluding hydrogens is 368 g/mol. The molecule has 1 heterocycles. The number of amidine groups is 1. The quantitative estimate of drug-likeness (QED) is 0.706. The number of carbonyl (C=O) groups is 1. The maximum atomic E-state index is 12.2. The summed E-state index contributed by atoms with van der Waals surface area (Å²) in [5.74, 6) is 0.677. The number of aryl methyl sites for hydroxylation is 1. The van der Waals surface area contributed by atoms with Gasteiger partial charge in [-0.15, -0.1) is 0 Å². The molecule has 4 nitrogen and oxygen atoms in total. The van der Waals surface area contributed by atoms with Crippen LogP contribution in [0.3, 0.4) is 0 Å². The molecule has 0 aliphatic carbocycles. The van der Waals surface area contributed by atoms with E-state index < -0.39 is 0 Å². The number of hydrogen-bond donors (Lipinski definition) is 1. The smallest absolute Gasteiger partial charge is 0.264 e. The molecule has 1 N–H and O–H groups in total. The van der Waals surface area contributed by atoms with Crippen molar-refractivity contribution in [3.05, 3.63) is 63.5 Å². The molecule has 2 aromatic rings. The van der Waals surface area contributed by atoms with Gasteiger partial charge in [-0.05, 0) is 66.6 Å². The van der Waals surface area contributed by atoms with Crippen molar-refractivity contribution in [3.63, 3.8) is 0 Å². The van der Waals surface area contributed by atoms with E-state index in [1.807, 2.05) is 49.4 Å². The summed E-state index contributed by atoms with van der Waals surface area (Å²) in [7, 11) is 0. The van der Waals surface area contributed by atoms with Crippen molar-refractivity contribution in [2.45, 2.75) is 20.3 Å². The highest BCUT2D eigenvalue weighted by Gasteiger charge is 2.24. The highest BCUT2D eigenvalue weighted by molar-refractivity contribution is 8.18. The van der Waals surface area contributed by atoms with Crippen molar-refractivity contribution in [1.82, 2.24) is 5.32 Å². The fourth-order valence-corrected chi connectivity index (χ4v) is 3.33. The van der Waals surface area contributed by atoms with Crippen LogP contribution in [0, 0.1) is 6.92 Å². The molecular formula is C20H19ClN2O2S. The highest BCUT2D eigenvalue weighted by atomic mass is 35.5. The summed E-state index contributed by atoms with van der Waals surface area (Å²) in [6, 6.07) is 13.2. The van der Waals surface area contributed by atoms with Crippen LogP contribution in [0.1, 0.15) is 24.5 Å². The minimum absolute atomic E-state index is 0.153. The van der Waals surface area contributed by atoms with Gasteiger partial charge < -0.3 is 10.1 Å². The minimum Gasteiger partial charge on any atom is -0.494 e. The zero-order chi connectivity index (χ0) is 18.5. The molecule has 0 radical (unpaired) electrons. The van der Waals surface area contributed by atoms with E-state index in [9.17, 15) is 4.79 Å². The van der Waals surface area contributed by atoms with Crippen LogP contribution in [0.25, 0.3) is 6.08 Å². The number of aliphatic imine (C=N–C) groups is 1. The van der Waals surface area contributed by atoms with Gasteiger partial charge in [-0.2, -0.15) is 0 Å². The third kappa shape index (κ3) is 4.68. The zero-order valence-corrected chi connectivity index (χ0v) is 16.2. The number of ether oxygens (including phenoxy) is 1. The summed E-state index contributed by atoms with van der Waals surface area (Å²) in [6.45, 7) is 4.72. The predicted molar refractivity (Wildman–Crippen MR) is 109 cm³/mol.